The van der Waals surface area contributed by atoms with Gasteiger partial charge in [-0.2, -0.15) is 0 Å². The number of hydrogen-bond acceptors (Lipinski definition) is 4. The highest BCUT2D eigenvalue weighted by atomic mass is 15.3. The molecule has 0 aromatic heterocycles. The predicted molar refractivity (Wildman–Crippen MR) is 68.0 cm³/mol. The molecule has 96 valence electrons. The molecule has 0 aromatic rings. The molecule has 0 amide bonds. The molecule has 4 heterocycles. The number of piperazine rings is 1. The zero-order valence-corrected chi connectivity index (χ0v) is 10.5. The molecular weight excluding hydrogens is 212 g/mol. The molecular formula is C13H24N4. The molecule has 0 aromatic carbocycles. The monoisotopic (exact) mass is 236 g/mol. The summed E-state index contributed by atoms with van der Waals surface area (Å²) in [6, 6.07) is 2.29. The summed E-state index contributed by atoms with van der Waals surface area (Å²) in [6.07, 6.45) is 2.81. The SMILES string of the molecule is C1CC2CNCC(C3NCC4CNCC43)N2C1. The molecule has 5 atom stereocenters. The fourth-order valence-corrected chi connectivity index (χ4v) is 4.62. The van der Waals surface area contributed by atoms with E-state index in [9.17, 15) is 0 Å². The molecule has 4 fully saturated rings. The van der Waals surface area contributed by atoms with E-state index in [0.717, 1.165) is 30.0 Å². The van der Waals surface area contributed by atoms with Crippen molar-refractivity contribution in [1.29, 1.82) is 0 Å². The van der Waals surface area contributed by atoms with Crippen LogP contribution in [0.3, 0.4) is 0 Å². The minimum Gasteiger partial charge on any atom is -0.316 e. The third-order valence-electron chi connectivity index (χ3n) is 5.47. The van der Waals surface area contributed by atoms with Gasteiger partial charge in [0.1, 0.15) is 0 Å². The average Bonchev–Trinajstić information content (AvgIpc) is 3.04. The first-order valence-electron chi connectivity index (χ1n) is 7.34. The first kappa shape index (κ1) is 10.7. The molecule has 4 aliphatic heterocycles. The molecule has 0 radical (unpaired) electrons. The Balaban J connectivity index is 1.53. The van der Waals surface area contributed by atoms with Crippen molar-refractivity contribution in [3.63, 3.8) is 0 Å². The van der Waals surface area contributed by atoms with Crippen molar-refractivity contribution >= 4 is 0 Å². The Bertz CT molecular complexity index is 295. The van der Waals surface area contributed by atoms with Crippen LogP contribution in [0.15, 0.2) is 0 Å². The number of rotatable bonds is 1. The van der Waals surface area contributed by atoms with E-state index in [1.165, 1.54) is 52.1 Å². The molecule has 3 N–H and O–H groups in total. The van der Waals surface area contributed by atoms with Crippen LogP contribution >= 0.6 is 0 Å². The summed E-state index contributed by atoms with van der Waals surface area (Å²) in [5.41, 5.74) is 0. The summed E-state index contributed by atoms with van der Waals surface area (Å²) in [5, 5.41) is 11.1. The van der Waals surface area contributed by atoms with E-state index in [1.54, 1.807) is 0 Å². The van der Waals surface area contributed by atoms with E-state index in [0.29, 0.717) is 0 Å². The fraction of sp³-hybridized carbons (Fsp3) is 1.00. The second kappa shape index (κ2) is 4.19. The van der Waals surface area contributed by atoms with E-state index >= 15 is 0 Å². The predicted octanol–water partition coefficient (Wildman–Crippen LogP) is -0.770. The highest BCUT2D eigenvalue weighted by molar-refractivity contribution is 5.05. The molecule has 4 aliphatic rings. The molecule has 0 spiro atoms. The molecule has 4 heteroatoms. The Morgan fingerprint density at radius 2 is 1.88 bits per heavy atom. The van der Waals surface area contributed by atoms with Crippen LogP contribution < -0.4 is 16.0 Å². The van der Waals surface area contributed by atoms with E-state index < -0.39 is 0 Å². The Hall–Kier alpha value is -0.160. The maximum absolute atomic E-state index is 3.82. The van der Waals surface area contributed by atoms with Gasteiger partial charge < -0.3 is 16.0 Å². The highest BCUT2D eigenvalue weighted by Gasteiger charge is 2.46. The average molecular weight is 236 g/mol. The number of hydrogen-bond donors (Lipinski definition) is 3. The Labute approximate surface area is 104 Å². The lowest BCUT2D eigenvalue weighted by molar-refractivity contribution is 0.0985. The summed E-state index contributed by atoms with van der Waals surface area (Å²) in [4.78, 5) is 2.80. The summed E-state index contributed by atoms with van der Waals surface area (Å²) in [6.45, 7) is 7.44. The number of fused-ring (bicyclic) bond motifs is 2. The third kappa shape index (κ3) is 1.65. The Morgan fingerprint density at radius 3 is 2.88 bits per heavy atom. The fourth-order valence-electron chi connectivity index (χ4n) is 4.62. The van der Waals surface area contributed by atoms with Crippen LogP contribution in [-0.4, -0.2) is 62.3 Å². The van der Waals surface area contributed by atoms with Gasteiger partial charge in [0.25, 0.3) is 0 Å². The summed E-state index contributed by atoms with van der Waals surface area (Å²) < 4.78 is 0. The van der Waals surface area contributed by atoms with Gasteiger partial charge in [-0.05, 0) is 50.9 Å². The normalized spacial score (nSPS) is 50.5. The van der Waals surface area contributed by atoms with Crippen LogP contribution in [0.2, 0.25) is 0 Å². The summed E-state index contributed by atoms with van der Waals surface area (Å²) >= 11 is 0. The van der Waals surface area contributed by atoms with Crippen molar-refractivity contribution in [3.8, 4) is 0 Å². The van der Waals surface area contributed by atoms with Crippen molar-refractivity contribution in [2.45, 2.75) is 31.0 Å². The molecule has 17 heavy (non-hydrogen) atoms. The summed E-state index contributed by atoms with van der Waals surface area (Å²) in [5.74, 6) is 1.77. The van der Waals surface area contributed by atoms with Crippen LogP contribution in [0.4, 0.5) is 0 Å². The van der Waals surface area contributed by atoms with Gasteiger partial charge in [0, 0.05) is 31.2 Å². The molecule has 0 aliphatic carbocycles. The van der Waals surface area contributed by atoms with E-state index in [4.69, 9.17) is 0 Å². The van der Waals surface area contributed by atoms with Crippen molar-refractivity contribution in [1.82, 2.24) is 20.9 Å². The standard InChI is InChI=1S/C13H24N4/c1-2-10-6-15-8-12(17(10)3-1)13-11-7-14-4-9(11)5-16-13/h9-16H,1-8H2. The topological polar surface area (TPSA) is 39.3 Å². The van der Waals surface area contributed by atoms with Crippen LogP contribution in [-0.2, 0) is 0 Å². The van der Waals surface area contributed by atoms with Gasteiger partial charge in [0.15, 0.2) is 0 Å². The minimum absolute atomic E-state index is 0.725. The maximum Gasteiger partial charge on any atom is 0.0380 e. The van der Waals surface area contributed by atoms with Crippen molar-refractivity contribution < 1.29 is 0 Å². The van der Waals surface area contributed by atoms with Crippen molar-refractivity contribution in [3.05, 3.63) is 0 Å². The molecule has 4 rings (SSSR count). The summed E-state index contributed by atoms with van der Waals surface area (Å²) in [7, 11) is 0. The first-order chi connectivity index (χ1) is 8.43. The lowest BCUT2D eigenvalue weighted by Crippen LogP contribution is -2.62. The minimum atomic E-state index is 0.725. The molecule has 5 unspecified atom stereocenters. The van der Waals surface area contributed by atoms with Gasteiger partial charge in [0.2, 0.25) is 0 Å². The van der Waals surface area contributed by atoms with Gasteiger partial charge in [-0.3, -0.25) is 4.90 Å². The maximum atomic E-state index is 3.82. The Kier molecular flexibility index (Phi) is 2.65. The zero-order valence-electron chi connectivity index (χ0n) is 10.5. The van der Waals surface area contributed by atoms with E-state index in [2.05, 4.69) is 20.9 Å². The van der Waals surface area contributed by atoms with Gasteiger partial charge in [-0.1, -0.05) is 0 Å². The van der Waals surface area contributed by atoms with Crippen LogP contribution in [0, 0.1) is 11.8 Å². The highest BCUT2D eigenvalue weighted by Crippen LogP contribution is 2.32. The second-order valence-electron chi connectivity index (χ2n) is 6.28. The molecule has 0 saturated carbocycles. The van der Waals surface area contributed by atoms with Crippen LogP contribution in [0.25, 0.3) is 0 Å². The molecule has 4 nitrogen and oxygen atoms in total. The third-order valence-corrected chi connectivity index (χ3v) is 5.47. The van der Waals surface area contributed by atoms with E-state index in [-0.39, 0.29) is 0 Å². The van der Waals surface area contributed by atoms with Gasteiger partial charge in [-0.15, -0.1) is 0 Å². The van der Waals surface area contributed by atoms with Gasteiger partial charge >= 0.3 is 0 Å². The van der Waals surface area contributed by atoms with Crippen molar-refractivity contribution in [2.75, 3.05) is 39.3 Å². The zero-order chi connectivity index (χ0) is 11.2. The number of nitrogens with one attached hydrogen (secondary N) is 3. The second-order valence-corrected chi connectivity index (χ2v) is 6.28. The Morgan fingerprint density at radius 1 is 0.941 bits per heavy atom. The van der Waals surface area contributed by atoms with Gasteiger partial charge in [-0.25, -0.2) is 0 Å². The smallest absolute Gasteiger partial charge is 0.0380 e. The van der Waals surface area contributed by atoms with Crippen molar-refractivity contribution in [2.24, 2.45) is 11.8 Å². The molecule has 4 saturated heterocycles. The lowest BCUT2D eigenvalue weighted by Gasteiger charge is -2.43. The quantitative estimate of drug-likeness (QED) is 0.559. The van der Waals surface area contributed by atoms with E-state index in [1.807, 2.05) is 0 Å². The largest absolute Gasteiger partial charge is 0.316 e. The number of nitrogens with zero attached hydrogens (tertiary/aromatic N) is 1. The lowest BCUT2D eigenvalue weighted by atomic mass is 9.88. The van der Waals surface area contributed by atoms with Crippen LogP contribution in [0.1, 0.15) is 12.8 Å². The van der Waals surface area contributed by atoms with Gasteiger partial charge in [0.05, 0.1) is 0 Å². The van der Waals surface area contributed by atoms with Crippen LogP contribution in [0.5, 0.6) is 0 Å². The first-order valence-corrected chi connectivity index (χ1v) is 7.34. The molecule has 0 bridgehead atoms.